The SMILES string of the molecule is CCCCCCCNC1CCC(C(=O)O)CC1. The summed E-state index contributed by atoms with van der Waals surface area (Å²) in [6, 6.07) is 0.566. The van der Waals surface area contributed by atoms with Gasteiger partial charge < -0.3 is 10.4 Å². The van der Waals surface area contributed by atoms with Crippen LogP contribution in [0.3, 0.4) is 0 Å². The van der Waals surface area contributed by atoms with Crippen molar-refractivity contribution in [2.45, 2.75) is 70.8 Å². The predicted octanol–water partition coefficient (Wildman–Crippen LogP) is 3.19. The quantitative estimate of drug-likeness (QED) is 0.642. The molecule has 0 aromatic rings. The summed E-state index contributed by atoms with van der Waals surface area (Å²) >= 11 is 0. The molecule has 0 unspecified atom stereocenters. The highest BCUT2D eigenvalue weighted by molar-refractivity contribution is 5.70. The number of carboxylic acid groups (broad SMARTS) is 1. The summed E-state index contributed by atoms with van der Waals surface area (Å²) in [5, 5.41) is 12.5. The van der Waals surface area contributed by atoms with Crippen LogP contribution >= 0.6 is 0 Å². The van der Waals surface area contributed by atoms with Gasteiger partial charge in [-0.1, -0.05) is 32.6 Å². The van der Waals surface area contributed by atoms with Crippen molar-refractivity contribution < 1.29 is 9.90 Å². The van der Waals surface area contributed by atoms with Crippen molar-refractivity contribution in [1.82, 2.24) is 5.32 Å². The van der Waals surface area contributed by atoms with E-state index in [2.05, 4.69) is 12.2 Å². The Hall–Kier alpha value is -0.570. The maximum atomic E-state index is 10.8. The van der Waals surface area contributed by atoms with Gasteiger partial charge in [-0.05, 0) is 38.6 Å². The maximum Gasteiger partial charge on any atom is 0.306 e. The van der Waals surface area contributed by atoms with Crippen LogP contribution in [-0.2, 0) is 4.79 Å². The van der Waals surface area contributed by atoms with E-state index in [0.29, 0.717) is 6.04 Å². The molecule has 0 aliphatic heterocycles. The molecule has 3 heteroatoms. The Morgan fingerprint density at radius 3 is 2.35 bits per heavy atom. The van der Waals surface area contributed by atoms with E-state index in [9.17, 15) is 4.79 Å². The zero-order valence-electron chi connectivity index (χ0n) is 11.1. The lowest BCUT2D eigenvalue weighted by Crippen LogP contribution is -2.35. The van der Waals surface area contributed by atoms with Crippen LogP contribution in [0, 0.1) is 5.92 Å². The molecule has 2 N–H and O–H groups in total. The van der Waals surface area contributed by atoms with Crippen molar-refractivity contribution in [3.8, 4) is 0 Å². The van der Waals surface area contributed by atoms with Gasteiger partial charge in [-0.15, -0.1) is 0 Å². The van der Waals surface area contributed by atoms with Crippen LogP contribution in [0.1, 0.15) is 64.7 Å². The van der Waals surface area contributed by atoms with Crippen LogP contribution in [0.25, 0.3) is 0 Å². The number of carbonyl (C=O) groups is 1. The molecule has 0 bridgehead atoms. The summed E-state index contributed by atoms with van der Waals surface area (Å²) in [5.41, 5.74) is 0. The molecule has 1 aliphatic rings. The summed E-state index contributed by atoms with van der Waals surface area (Å²) in [4.78, 5) is 10.8. The first-order valence-electron chi connectivity index (χ1n) is 7.20. The predicted molar refractivity (Wildman–Crippen MR) is 70.1 cm³/mol. The van der Waals surface area contributed by atoms with Gasteiger partial charge in [-0.25, -0.2) is 0 Å². The van der Waals surface area contributed by atoms with Crippen LogP contribution in [0.5, 0.6) is 0 Å². The topological polar surface area (TPSA) is 49.3 Å². The summed E-state index contributed by atoms with van der Waals surface area (Å²) in [6.45, 7) is 3.34. The molecular formula is C14H27NO2. The fraction of sp³-hybridized carbons (Fsp3) is 0.929. The van der Waals surface area contributed by atoms with Crippen molar-refractivity contribution in [3.63, 3.8) is 0 Å². The fourth-order valence-electron chi connectivity index (χ4n) is 2.58. The molecule has 0 amide bonds. The van der Waals surface area contributed by atoms with E-state index in [1.54, 1.807) is 0 Å². The molecule has 0 atom stereocenters. The fourth-order valence-corrected chi connectivity index (χ4v) is 2.58. The smallest absolute Gasteiger partial charge is 0.306 e. The first-order chi connectivity index (χ1) is 8.24. The average molecular weight is 241 g/mol. The molecule has 1 rings (SSSR count). The third-order valence-electron chi connectivity index (χ3n) is 3.79. The van der Waals surface area contributed by atoms with Gasteiger partial charge in [0.2, 0.25) is 0 Å². The lowest BCUT2D eigenvalue weighted by atomic mass is 9.86. The Balaban J connectivity index is 1.97. The first-order valence-corrected chi connectivity index (χ1v) is 7.20. The van der Waals surface area contributed by atoms with Gasteiger partial charge in [0.1, 0.15) is 0 Å². The molecule has 1 saturated carbocycles. The van der Waals surface area contributed by atoms with Crippen LogP contribution in [-0.4, -0.2) is 23.7 Å². The van der Waals surface area contributed by atoms with Gasteiger partial charge in [0, 0.05) is 6.04 Å². The van der Waals surface area contributed by atoms with Crippen molar-refractivity contribution in [3.05, 3.63) is 0 Å². The number of aliphatic carboxylic acids is 1. The van der Waals surface area contributed by atoms with Crippen molar-refractivity contribution >= 4 is 5.97 Å². The number of carboxylic acids is 1. The number of hydrogen-bond acceptors (Lipinski definition) is 2. The molecule has 1 fully saturated rings. The average Bonchev–Trinajstić information content (AvgIpc) is 2.34. The highest BCUT2D eigenvalue weighted by Crippen LogP contribution is 2.24. The van der Waals surface area contributed by atoms with E-state index in [-0.39, 0.29) is 5.92 Å². The highest BCUT2D eigenvalue weighted by atomic mass is 16.4. The molecule has 0 radical (unpaired) electrons. The Morgan fingerprint density at radius 1 is 1.12 bits per heavy atom. The van der Waals surface area contributed by atoms with Crippen molar-refractivity contribution in [2.75, 3.05) is 6.54 Å². The molecule has 1 aliphatic carbocycles. The lowest BCUT2D eigenvalue weighted by Gasteiger charge is -2.26. The minimum absolute atomic E-state index is 0.0856. The number of rotatable bonds is 8. The normalized spacial score (nSPS) is 24.8. The molecular weight excluding hydrogens is 214 g/mol. The Morgan fingerprint density at radius 2 is 1.76 bits per heavy atom. The molecule has 0 heterocycles. The summed E-state index contributed by atoms with van der Waals surface area (Å²) in [6.07, 6.45) is 10.4. The number of hydrogen-bond donors (Lipinski definition) is 2. The minimum atomic E-state index is -0.608. The van der Waals surface area contributed by atoms with Gasteiger partial charge in [-0.2, -0.15) is 0 Å². The molecule has 0 spiro atoms. The van der Waals surface area contributed by atoms with Crippen LogP contribution in [0.15, 0.2) is 0 Å². The first kappa shape index (κ1) is 14.5. The maximum absolute atomic E-state index is 10.8. The zero-order chi connectivity index (χ0) is 12.5. The standard InChI is InChI=1S/C14H27NO2/c1-2-3-4-5-6-11-15-13-9-7-12(8-10-13)14(16)17/h12-13,15H,2-11H2,1H3,(H,16,17). The monoisotopic (exact) mass is 241 g/mol. The van der Waals surface area contributed by atoms with Crippen molar-refractivity contribution in [1.29, 1.82) is 0 Å². The number of unbranched alkanes of at least 4 members (excludes halogenated alkanes) is 4. The molecule has 3 nitrogen and oxygen atoms in total. The van der Waals surface area contributed by atoms with E-state index in [1.807, 2.05) is 0 Å². The summed E-state index contributed by atoms with van der Waals surface area (Å²) in [7, 11) is 0. The van der Waals surface area contributed by atoms with E-state index in [0.717, 1.165) is 32.2 Å². The Bertz CT molecular complexity index is 210. The second-order valence-corrected chi connectivity index (χ2v) is 5.26. The largest absolute Gasteiger partial charge is 0.481 e. The van der Waals surface area contributed by atoms with Crippen LogP contribution < -0.4 is 5.32 Å². The van der Waals surface area contributed by atoms with Gasteiger partial charge in [0.15, 0.2) is 0 Å². The third-order valence-corrected chi connectivity index (χ3v) is 3.79. The van der Waals surface area contributed by atoms with Gasteiger partial charge in [0.05, 0.1) is 5.92 Å². The van der Waals surface area contributed by atoms with E-state index in [4.69, 9.17) is 5.11 Å². The van der Waals surface area contributed by atoms with E-state index in [1.165, 1.54) is 32.1 Å². The van der Waals surface area contributed by atoms with Gasteiger partial charge >= 0.3 is 5.97 Å². The van der Waals surface area contributed by atoms with E-state index >= 15 is 0 Å². The second-order valence-electron chi connectivity index (χ2n) is 5.26. The molecule has 0 saturated heterocycles. The lowest BCUT2D eigenvalue weighted by molar-refractivity contribution is -0.142. The Labute approximate surface area is 105 Å². The van der Waals surface area contributed by atoms with Crippen LogP contribution in [0.2, 0.25) is 0 Å². The van der Waals surface area contributed by atoms with Crippen LogP contribution in [0.4, 0.5) is 0 Å². The zero-order valence-corrected chi connectivity index (χ0v) is 11.1. The van der Waals surface area contributed by atoms with Gasteiger partial charge in [-0.3, -0.25) is 4.79 Å². The highest BCUT2D eigenvalue weighted by Gasteiger charge is 2.25. The third kappa shape index (κ3) is 6.06. The second kappa shape index (κ2) is 8.51. The van der Waals surface area contributed by atoms with Gasteiger partial charge in [0.25, 0.3) is 0 Å². The molecule has 100 valence electrons. The number of nitrogens with one attached hydrogen (secondary N) is 1. The molecule has 0 aromatic heterocycles. The van der Waals surface area contributed by atoms with Crippen molar-refractivity contribution in [2.24, 2.45) is 5.92 Å². The summed E-state index contributed by atoms with van der Waals surface area (Å²) < 4.78 is 0. The Kier molecular flexibility index (Phi) is 7.25. The van der Waals surface area contributed by atoms with E-state index < -0.39 is 5.97 Å². The molecule has 17 heavy (non-hydrogen) atoms. The molecule has 0 aromatic carbocycles. The minimum Gasteiger partial charge on any atom is -0.481 e. The summed E-state index contributed by atoms with van der Waals surface area (Å²) in [5.74, 6) is -0.694.